The molecule has 0 bridgehead atoms. The Hall–Kier alpha value is -0.740. The normalized spacial score (nSPS) is 11.7. The average molecular weight is 227 g/mol. The largest absolute Gasteiger partial charge is 0.378 e. The van der Waals surface area contributed by atoms with Crippen LogP contribution >= 0.6 is 11.3 Å². The Balaban J connectivity index is 2.50. The van der Waals surface area contributed by atoms with Crippen LogP contribution < -0.4 is 0 Å². The zero-order chi connectivity index (χ0) is 11.5. The molecule has 0 N–H and O–H groups in total. The Morgan fingerprint density at radius 1 is 1.60 bits per heavy atom. The molecule has 1 aromatic heterocycles. The number of nitrogens with zero attached hydrogens (tertiary/aromatic N) is 1. The van der Waals surface area contributed by atoms with Crippen LogP contribution in [0, 0.1) is 6.92 Å². The summed E-state index contributed by atoms with van der Waals surface area (Å²) in [6.07, 6.45) is 0.844. The molecule has 0 unspecified atom stereocenters. The summed E-state index contributed by atoms with van der Waals surface area (Å²) in [4.78, 5) is 15.9. The summed E-state index contributed by atoms with van der Waals surface area (Å²) in [7, 11) is 1.63. The lowest BCUT2D eigenvalue weighted by Crippen LogP contribution is -2.27. The van der Waals surface area contributed by atoms with Crippen LogP contribution in [0.5, 0.6) is 0 Å². The van der Waals surface area contributed by atoms with Crippen molar-refractivity contribution in [3.05, 3.63) is 16.1 Å². The number of thiazole rings is 1. The van der Waals surface area contributed by atoms with E-state index in [-0.39, 0.29) is 11.4 Å². The van der Waals surface area contributed by atoms with E-state index in [2.05, 4.69) is 4.98 Å². The lowest BCUT2D eigenvalue weighted by atomic mass is 9.99. The average Bonchev–Trinajstić information content (AvgIpc) is 2.50. The van der Waals surface area contributed by atoms with Gasteiger partial charge in [-0.1, -0.05) is 0 Å². The lowest BCUT2D eigenvalue weighted by Gasteiger charge is -2.21. The fraction of sp³-hybridized carbons (Fsp3) is 0.636. The van der Waals surface area contributed by atoms with E-state index in [1.807, 2.05) is 26.2 Å². The molecule has 84 valence electrons. The smallest absolute Gasteiger partial charge is 0.141 e. The van der Waals surface area contributed by atoms with Crippen molar-refractivity contribution < 1.29 is 9.53 Å². The Labute approximate surface area is 94.5 Å². The van der Waals surface area contributed by atoms with E-state index in [0.29, 0.717) is 12.8 Å². The van der Waals surface area contributed by atoms with Crippen molar-refractivity contribution in [2.24, 2.45) is 0 Å². The summed E-state index contributed by atoms with van der Waals surface area (Å²) in [6.45, 7) is 5.77. The molecule has 0 spiro atoms. The van der Waals surface area contributed by atoms with Gasteiger partial charge in [0, 0.05) is 25.3 Å². The second kappa shape index (κ2) is 4.86. The quantitative estimate of drug-likeness (QED) is 0.775. The maximum absolute atomic E-state index is 11.7. The minimum atomic E-state index is -0.373. The summed E-state index contributed by atoms with van der Waals surface area (Å²) < 4.78 is 5.21. The molecule has 0 aromatic carbocycles. The van der Waals surface area contributed by atoms with Gasteiger partial charge in [-0.05, 0) is 20.8 Å². The standard InChI is InChI=1S/C11H17NO2S/c1-8-12-9(7-15-8)5-10(13)6-11(2,3)14-4/h7H,5-6H2,1-4H3. The second-order valence-corrected chi connectivity index (χ2v) is 5.28. The minimum Gasteiger partial charge on any atom is -0.378 e. The maximum atomic E-state index is 11.7. The third-order valence-electron chi connectivity index (χ3n) is 2.22. The molecule has 0 amide bonds. The predicted octanol–water partition coefficient (Wildman–Crippen LogP) is 2.38. The number of ketones is 1. The number of methoxy groups -OCH3 is 1. The molecule has 0 aliphatic carbocycles. The van der Waals surface area contributed by atoms with Crippen molar-refractivity contribution in [2.75, 3.05) is 7.11 Å². The number of hydrogen-bond donors (Lipinski definition) is 0. The molecule has 1 heterocycles. The van der Waals surface area contributed by atoms with Crippen molar-refractivity contribution in [3.8, 4) is 0 Å². The summed E-state index contributed by atoms with van der Waals surface area (Å²) >= 11 is 1.58. The van der Waals surface area contributed by atoms with E-state index < -0.39 is 0 Å². The molecule has 15 heavy (non-hydrogen) atoms. The number of ether oxygens (including phenoxy) is 1. The van der Waals surface area contributed by atoms with Gasteiger partial charge in [-0.3, -0.25) is 4.79 Å². The fourth-order valence-electron chi connectivity index (χ4n) is 1.30. The van der Waals surface area contributed by atoms with Crippen molar-refractivity contribution >= 4 is 17.1 Å². The summed E-state index contributed by atoms with van der Waals surface area (Å²) in [6, 6.07) is 0. The maximum Gasteiger partial charge on any atom is 0.141 e. The molecule has 0 saturated carbocycles. The SMILES string of the molecule is COC(C)(C)CC(=O)Cc1csc(C)n1. The van der Waals surface area contributed by atoms with Crippen LogP contribution in [0.2, 0.25) is 0 Å². The van der Waals surface area contributed by atoms with Crippen LogP contribution in [-0.2, 0) is 16.0 Å². The Morgan fingerprint density at radius 2 is 2.27 bits per heavy atom. The van der Waals surface area contributed by atoms with Gasteiger partial charge < -0.3 is 4.74 Å². The molecule has 4 heteroatoms. The molecule has 3 nitrogen and oxygen atoms in total. The second-order valence-electron chi connectivity index (χ2n) is 4.21. The van der Waals surface area contributed by atoms with Gasteiger partial charge >= 0.3 is 0 Å². The molecule has 1 rings (SSSR count). The fourth-order valence-corrected chi connectivity index (χ4v) is 1.91. The first-order chi connectivity index (χ1) is 6.93. The van der Waals surface area contributed by atoms with E-state index in [1.54, 1.807) is 18.4 Å². The van der Waals surface area contributed by atoms with Crippen LogP contribution in [0.4, 0.5) is 0 Å². The molecule has 0 atom stereocenters. The van der Waals surface area contributed by atoms with Gasteiger partial charge in [0.1, 0.15) is 5.78 Å². The van der Waals surface area contributed by atoms with Crippen molar-refractivity contribution in [1.82, 2.24) is 4.98 Å². The van der Waals surface area contributed by atoms with Gasteiger partial charge in [-0.15, -0.1) is 11.3 Å². The number of aromatic nitrogens is 1. The van der Waals surface area contributed by atoms with Crippen LogP contribution in [0.15, 0.2) is 5.38 Å². The molecular weight excluding hydrogens is 210 g/mol. The van der Waals surface area contributed by atoms with Crippen LogP contribution in [0.3, 0.4) is 0 Å². The predicted molar refractivity (Wildman–Crippen MR) is 61.3 cm³/mol. The molecule has 0 aliphatic rings. The molecule has 0 aliphatic heterocycles. The molecule has 1 aromatic rings. The van der Waals surface area contributed by atoms with Crippen LogP contribution in [0.1, 0.15) is 31.0 Å². The molecule has 0 radical (unpaired) electrons. The van der Waals surface area contributed by atoms with Crippen molar-refractivity contribution in [3.63, 3.8) is 0 Å². The van der Waals surface area contributed by atoms with Gasteiger partial charge in [0.25, 0.3) is 0 Å². The monoisotopic (exact) mass is 227 g/mol. The Kier molecular flexibility index (Phi) is 3.99. The number of hydrogen-bond acceptors (Lipinski definition) is 4. The summed E-state index contributed by atoms with van der Waals surface area (Å²) in [5.74, 6) is 0.173. The number of carbonyl (C=O) groups is 1. The highest BCUT2D eigenvalue weighted by atomic mass is 32.1. The zero-order valence-corrected chi connectivity index (χ0v) is 10.5. The van der Waals surface area contributed by atoms with E-state index in [9.17, 15) is 4.79 Å². The third-order valence-corrected chi connectivity index (χ3v) is 3.04. The highest BCUT2D eigenvalue weighted by molar-refractivity contribution is 7.09. The lowest BCUT2D eigenvalue weighted by molar-refractivity contribution is -0.123. The van der Waals surface area contributed by atoms with Crippen LogP contribution in [-0.4, -0.2) is 23.5 Å². The topological polar surface area (TPSA) is 39.2 Å². The third kappa shape index (κ3) is 4.10. The molecule has 0 fully saturated rings. The first kappa shape index (κ1) is 12.3. The van der Waals surface area contributed by atoms with E-state index in [4.69, 9.17) is 4.74 Å². The van der Waals surface area contributed by atoms with Gasteiger partial charge in [0.05, 0.1) is 16.3 Å². The highest BCUT2D eigenvalue weighted by Gasteiger charge is 2.21. The first-order valence-electron chi connectivity index (χ1n) is 4.91. The highest BCUT2D eigenvalue weighted by Crippen LogP contribution is 2.16. The molecule has 0 saturated heterocycles. The first-order valence-corrected chi connectivity index (χ1v) is 5.79. The van der Waals surface area contributed by atoms with Crippen LogP contribution in [0.25, 0.3) is 0 Å². The number of rotatable bonds is 5. The van der Waals surface area contributed by atoms with Crippen molar-refractivity contribution in [1.29, 1.82) is 0 Å². The minimum absolute atomic E-state index is 0.173. The number of Topliss-reactive ketones (excluding diaryl/α,β-unsaturated/α-hetero) is 1. The van der Waals surface area contributed by atoms with Gasteiger partial charge in [-0.2, -0.15) is 0 Å². The van der Waals surface area contributed by atoms with E-state index in [0.717, 1.165) is 10.7 Å². The number of aryl methyl sites for hydroxylation is 1. The molecular formula is C11H17NO2S. The summed E-state index contributed by atoms with van der Waals surface area (Å²) in [5, 5.41) is 2.94. The Morgan fingerprint density at radius 3 is 2.73 bits per heavy atom. The van der Waals surface area contributed by atoms with Gasteiger partial charge in [0.2, 0.25) is 0 Å². The Bertz CT molecular complexity index is 344. The van der Waals surface area contributed by atoms with E-state index >= 15 is 0 Å². The van der Waals surface area contributed by atoms with E-state index in [1.165, 1.54) is 0 Å². The number of carbonyl (C=O) groups excluding carboxylic acids is 1. The van der Waals surface area contributed by atoms with Gasteiger partial charge in [0.15, 0.2) is 0 Å². The summed E-state index contributed by atoms with van der Waals surface area (Å²) in [5.41, 5.74) is 0.497. The van der Waals surface area contributed by atoms with Gasteiger partial charge in [-0.25, -0.2) is 4.98 Å². The zero-order valence-electron chi connectivity index (χ0n) is 9.66. The van der Waals surface area contributed by atoms with Crippen molar-refractivity contribution in [2.45, 2.75) is 39.2 Å².